The minimum absolute atomic E-state index is 0.248. The van der Waals surface area contributed by atoms with E-state index in [2.05, 4.69) is 10.4 Å². The van der Waals surface area contributed by atoms with Gasteiger partial charge < -0.3 is 9.73 Å². The number of nitrogens with one attached hydrogen (secondary N) is 1. The Labute approximate surface area is 165 Å². The lowest BCUT2D eigenvalue weighted by molar-refractivity contribution is 0.0940. The molecule has 0 saturated heterocycles. The van der Waals surface area contributed by atoms with Crippen LogP contribution in [-0.2, 0) is 6.54 Å². The number of hydrogen-bond acceptors (Lipinski definition) is 3. The molecule has 1 N–H and O–H groups in total. The molecule has 1 amide bonds. The number of benzene rings is 2. The van der Waals surface area contributed by atoms with Crippen molar-refractivity contribution in [3.63, 3.8) is 0 Å². The summed E-state index contributed by atoms with van der Waals surface area (Å²) >= 11 is 6.10. The summed E-state index contributed by atoms with van der Waals surface area (Å²) < 4.78 is 20.0. The molecule has 4 aromatic rings. The summed E-state index contributed by atoms with van der Waals surface area (Å²) in [5.74, 6) is -0.0207. The van der Waals surface area contributed by atoms with Gasteiger partial charge in [-0.15, -0.1) is 0 Å². The van der Waals surface area contributed by atoms with Gasteiger partial charge in [-0.1, -0.05) is 17.7 Å². The summed E-state index contributed by atoms with van der Waals surface area (Å²) in [7, 11) is 0. The van der Waals surface area contributed by atoms with E-state index in [-0.39, 0.29) is 18.3 Å². The van der Waals surface area contributed by atoms with E-state index in [0.717, 1.165) is 0 Å². The molecule has 0 saturated carbocycles. The Bertz CT molecular complexity index is 1110. The summed E-state index contributed by atoms with van der Waals surface area (Å²) in [4.78, 5) is 12.8. The number of hydrogen-bond donors (Lipinski definition) is 1. The van der Waals surface area contributed by atoms with Crippen molar-refractivity contribution in [2.24, 2.45) is 0 Å². The molecule has 0 unspecified atom stereocenters. The van der Waals surface area contributed by atoms with Crippen molar-refractivity contribution in [1.29, 1.82) is 0 Å². The molecule has 2 aromatic carbocycles. The molecule has 140 valence electrons. The van der Waals surface area contributed by atoms with E-state index in [9.17, 15) is 9.18 Å². The van der Waals surface area contributed by atoms with Crippen LogP contribution in [0.5, 0.6) is 0 Å². The fraction of sp³-hybridized carbons (Fsp3) is 0.0476. The van der Waals surface area contributed by atoms with E-state index in [1.165, 1.54) is 16.8 Å². The van der Waals surface area contributed by atoms with Gasteiger partial charge in [-0.2, -0.15) is 5.10 Å². The zero-order valence-electron chi connectivity index (χ0n) is 14.6. The molecule has 5 nitrogen and oxygen atoms in total. The zero-order valence-corrected chi connectivity index (χ0v) is 15.4. The first-order valence-electron chi connectivity index (χ1n) is 8.53. The molecule has 2 aromatic heterocycles. The smallest absolute Gasteiger partial charge is 0.270 e. The van der Waals surface area contributed by atoms with E-state index >= 15 is 0 Å². The van der Waals surface area contributed by atoms with Crippen molar-refractivity contribution in [1.82, 2.24) is 15.1 Å². The van der Waals surface area contributed by atoms with Gasteiger partial charge in [0.1, 0.15) is 17.3 Å². The second-order valence-electron chi connectivity index (χ2n) is 6.08. The molecule has 7 heteroatoms. The molecule has 0 fully saturated rings. The fourth-order valence-electron chi connectivity index (χ4n) is 2.78. The van der Waals surface area contributed by atoms with Crippen LogP contribution >= 0.6 is 11.6 Å². The molecule has 28 heavy (non-hydrogen) atoms. The summed E-state index contributed by atoms with van der Waals surface area (Å²) in [6, 6.07) is 18.2. The average Bonchev–Trinajstić information content (AvgIpc) is 3.37. The van der Waals surface area contributed by atoms with E-state index in [4.69, 9.17) is 16.0 Å². The van der Waals surface area contributed by atoms with Gasteiger partial charge in [0.2, 0.25) is 0 Å². The maximum atomic E-state index is 13.2. The normalized spacial score (nSPS) is 10.8. The van der Waals surface area contributed by atoms with Gasteiger partial charge >= 0.3 is 0 Å². The highest BCUT2D eigenvalue weighted by Gasteiger charge is 2.18. The summed E-state index contributed by atoms with van der Waals surface area (Å²) in [5.41, 5.74) is 2.21. The Hall–Kier alpha value is -3.38. The van der Waals surface area contributed by atoms with E-state index in [1.54, 1.807) is 60.9 Å². The predicted molar refractivity (Wildman–Crippen MR) is 104 cm³/mol. The molecule has 0 radical (unpaired) electrons. The highest BCUT2D eigenvalue weighted by atomic mass is 35.5. The van der Waals surface area contributed by atoms with Crippen LogP contribution in [0.4, 0.5) is 4.39 Å². The Morgan fingerprint density at radius 3 is 2.64 bits per heavy atom. The second kappa shape index (κ2) is 7.70. The lowest BCUT2D eigenvalue weighted by atomic mass is 10.1. The van der Waals surface area contributed by atoms with Gasteiger partial charge in [-0.05, 0) is 60.7 Å². The van der Waals surface area contributed by atoms with Crippen molar-refractivity contribution in [2.45, 2.75) is 6.54 Å². The number of furan rings is 1. The third-order valence-electron chi connectivity index (χ3n) is 4.14. The summed E-state index contributed by atoms with van der Waals surface area (Å²) in [6.45, 7) is 0.248. The van der Waals surface area contributed by atoms with Gasteiger partial charge in [-0.25, -0.2) is 9.07 Å². The molecular formula is C21H15ClFN3O2. The van der Waals surface area contributed by atoms with Gasteiger partial charge in [0, 0.05) is 10.6 Å². The van der Waals surface area contributed by atoms with E-state index in [0.29, 0.717) is 33.4 Å². The van der Waals surface area contributed by atoms with Crippen LogP contribution < -0.4 is 5.32 Å². The van der Waals surface area contributed by atoms with E-state index in [1.807, 2.05) is 0 Å². The van der Waals surface area contributed by atoms with Gasteiger partial charge in [0.05, 0.1) is 24.2 Å². The fourth-order valence-corrected chi connectivity index (χ4v) is 2.96. The van der Waals surface area contributed by atoms with Crippen LogP contribution in [0.3, 0.4) is 0 Å². The Kier molecular flexibility index (Phi) is 4.95. The molecule has 0 bridgehead atoms. The molecule has 4 rings (SSSR count). The minimum Gasteiger partial charge on any atom is -0.467 e. The monoisotopic (exact) mass is 395 g/mol. The van der Waals surface area contributed by atoms with Crippen LogP contribution in [0.15, 0.2) is 77.4 Å². The third-order valence-corrected chi connectivity index (χ3v) is 4.37. The Morgan fingerprint density at radius 2 is 1.93 bits per heavy atom. The van der Waals surface area contributed by atoms with Crippen LogP contribution in [0.25, 0.3) is 16.9 Å². The number of rotatable bonds is 5. The number of amides is 1. The largest absolute Gasteiger partial charge is 0.467 e. The van der Waals surface area contributed by atoms with Crippen molar-refractivity contribution >= 4 is 17.5 Å². The molecule has 0 spiro atoms. The van der Waals surface area contributed by atoms with Crippen molar-refractivity contribution < 1.29 is 13.6 Å². The molecule has 0 aliphatic carbocycles. The number of carbonyl (C=O) groups is 1. The van der Waals surface area contributed by atoms with Crippen LogP contribution in [-0.4, -0.2) is 15.7 Å². The molecule has 2 heterocycles. The lowest BCUT2D eigenvalue weighted by Gasteiger charge is -2.08. The van der Waals surface area contributed by atoms with Crippen LogP contribution in [0.2, 0.25) is 5.02 Å². The third kappa shape index (κ3) is 3.82. The van der Waals surface area contributed by atoms with E-state index < -0.39 is 0 Å². The SMILES string of the molecule is O=C(NCc1ccco1)c1cc(-c2ccc(F)cc2)nn1-c1cccc(Cl)c1. The summed E-state index contributed by atoms with van der Waals surface area (Å²) in [5, 5.41) is 7.88. The molecule has 0 aliphatic rings. The highest BCUT2D eigenvalue weighted by molar-refractivity contribution is 6.30. The van der Waals surface area contributed by atoms with Crippen molar-refractivity contribution in [2.75, 3.05) is 0 Å². The topological polar surface area (TPSA) is 60.1 Å². The Morgan fingerprint density at radius 1 is 1.11 bits per heavy atom. The zero-order chi connectivity index (χ0) is 19.5. The van der Waals surface area contributed by atoms with Crippen molar-refractivity contribution in [3.8, 4) is 16.9 Å². The number of nitrogens with zero attached hydrogens (tertiary/aromatic N) is 2. The van der Waals surface area contributed by atoms with Gasteiger partial charge in [0.15, 0.2) is 0 Å². The maximum absolute atomic E-state index is 13.2. The van der Waals surface area contributed by atoms with Crippen LogP contribution in [0, 0.1) is 5.82 Å². The molecule has 0 aliphatic heterocycles. The first kappa shape index (κ1) is 18.0. The maximum Gasteiger partial charge on any atom is 0.270 e. The molecular weight excluding hydrogens is 381 g/mol. The molecule has 0 atom stereocenters. The second-order valence-corrected chi connectivity index (χ2v) is 6.51. The van der Waals surface area contributed by atoms with Crippen LogP contribution in [0.1, 0.15) is 16.2 Å². The quantitative estimate of drug-likeness (QED) is 0.525. The number of carbonyl (C=O) groups excluding carboxylic acids is 1. The number of aromatic nitrogens is 2. The van der Waals surface area contributed by atoms with Gasteiger partial charge in [0.25, 0.3) is 5.91 Å². The summed E-state index contributed by atoms with van der Waals surface area (Å²) in [6.07, 6.45) is 1.55. The number of halogens is 2. The minimum atomic E-state index is -0.338. The first-order valence-corrected chi connectivity index (χ1v) is 8.90. The van der Waals surface area contributed by atoms with Crippen molar-refractivity contribution in [3.05, 3.63) is 95.3 Å². The van der Waals surface area contributed by atoms with Gasteiger partial charge in [-0.3, -0.25) is 4.79 Å². The average molecular weight is 396 g/mol. The first-order chi connectivity index (χ1) is 13.6. The predicted octanol–water partition coefficient (Wildman–Crippen LogP) is 4.85. The Balaban J connectivity index is 1.72. The highest BCUT2D eigenvalue weighted by Crippen LogP contribution is 2.23. The lowest BCUT2D eigenvalue weighted by Crippen LogP contribution is -2.25. The standard InChI is InChI=1S/C21H15ClFN3O2/c22-15-3-1-4-17(11-15)26-20(21(27)24-13-18-5-2-10-28-18)12-19(25-26)14-6-8-16(23)9-7-14/h1-12H,13H2,(H,24,27).